The summed E-state index contributed by atoms with van der Waals surface area (Å²) in [5, 5.41) is 0. The van der Waals surface area contributed by atoms with E-state index in [1.165, 1.54) is 0 Å². The monoisotopic (exact) mass is 261 g/mol. The van der Waals surface area contributed by atoms with Crippen molar-refractivity contribution in [2.24, 2.45) is 5.73 Å². The van der Waals surface area contributed by atoms with Crippen LogP contribution in [0.1, 0.15) is 24.9 Å². The third kappa shape index (κ3) is 3.14. The molecule has 0 radical (unpaired) electrons. The van der Waals surface area contributed by atoms with Crippen LogP contribution < -0.4 is 5.73 Å². The highest BCUT2D eigenvalue weighted by molar-refractivity contribution is 5.83. The molecule has 0 aromatic heterocycles. The van der Waals surface area contributed by atoms with Gasteiger partial charge >= 0.3 is 0 Å². The lowest BCUT2D eigenvalue weighted by molar-refractivity contribution is -0.135. The van der Waals surface area contributed by atoms with Crippen molar-refractivity contribution in [1.29, 1.82) is 0 Å². The molecule has 2 N–H and O–H groups in total. The number of hydrogen-bond acceptors (Lipinski definition) is 3. The molecule has 1 aromatic carbocycles. The Balaban J connectivity index is 2.04. The van der Waals surface area contributed by atoms with Crippen LogP contribution in [-0.4, -0.2) is 48.4 Å². The molecule has 0 bridgehead atoms. The van der Waals surface area contributed by atoms with E-state index in [1.54, 1.807) is 0 Å². The molecular weight excluding hydrogens is 238 g/mol. The Labute approximate surface area is 115 Å². The lowest BCUT2D eigenvalue weighted by Crippen LogP contribution is -2.54. The zero-order valence-corrected chi connectivity index (χ0v) is 11.7. The fourth-order valence-corrected chi connectivity index (χ4v) is 2.59. The number of nitrogens with zero attached hydrogens (tertiary/aromatic N) is 2. The summed E-state index contributed by atoms with van der Waals surface area (Å²) in [5.41, 5.74) is 6.97. The lowest BCUT2D eigenvalue weighted by atomic mass is 10.0. The number of amides is 1. The van der Waals surface area contributed by atoms with E-state index >= 15 is 0 Å². The number of rotatable bonds is 3. The lowest BCUT2D eigenvalue weighted by Gasteiger charge is -2.40. The number of piperazine rings is 1. The summed E-state index contributed by atoms with van der Waals surface area (Å²) in [6.45, 7) is 4.64. The molecule has 0 aliphatic carbocycles. The van der Waals surface area contributed by atoms with Crippen LogP contribution in [0.3, 0.4) is 0 Å². The molecule has 1 aromatic rings. The van der Waals surface area contributed by atoms with Crippen LogP contribution in [0.5, 0.6) is 0 Å². The number of carbonyl (C=O) groups is 1. The molecular formula is C15H23N3O. The van der Waals surface area contributed by atoms with Crippen LogP contribution in [0, 0.1) is 0 Å². The van der Waals surface area contributed by atoms with E-state index in [2.05, 4.69) is 18.9 Å². The quantitative estimate of drug-likeness (QED) is 0.890. The normalized spacial score (nSPS) is 22.3. The van der Waals surface area contributed by atoms with Crippen LogP contribution >= 0.6 is 0 Å². The zero-order valence-electron chi connectivity index (χ0n) is 11.7. The van der Waals surface area contributed by atoms with Crippen molar-refractivity contribution in [2.75, 3.05) is 26.7 Å². The van der Waals surface area contributed by atoms with Crippen LogP contribution in [0.4, 0.5) is 0 Å². The van der Waals surface area contributed by atoms with Gasteiger partial charge in [0.05, 0.1) is 0 Å². The SMILES string of the molecule is CCC1CN(C(=O)[C@H](N)c2ccccc2)CCN1C. The maximum Gasteiger partial charge on any atom is 0.244 e. The van der Waals surface area contributed by atoms with Crippen molar-refractivity contribution in [3.05, 3.63) is 35.9 Å². The standard InChI is InChI=1S/C15H23N3O/c1-3-13-11-18(10-9-17(13)2)15(19)14(16)12-7-5-4-6-8-12/h4-8,13-14H,3,9-11,16H2,1-2H3/t13?,14-/m1/s1. The number of benzene rings is 1. The van der Waals surface area contributed by atoms with E-state index in [-0.39, 0.29) is 5.91 Å². The summed E-state index contributed by atoms with van der Waals surface area (Å²) in [7, 11) is 2.12. The first-order chi connectivity index (χ1) is 9.13. The van der Waals surface area contributed by atoms with Gasteiger partial charge in [-0.25, -0.2) is 0 Å². The van der Waals surface area contributed by atoms with Gasteiger partial charge in [0.2, 0.25) is 5.91 Å². The maximum absolute atomic E-state index is 12.4. The van der Waals surface area contributed by atoms with Gasteiger partial charge in [0, 0.05) is 25.7 Å². The van der Waals surface area contributed by atoms with E-state index < -0.39 is 6.04 Å². The van der Waals surface area contributed by atoms with Gasteiger partial charge in [0.25, 0.3) is 0 Å². The van der Waals surface area contributed by atoms with Crippen molar-refractivity contribution in [1.82, 2.24) is 9.80 Å². The van der Waals surface area contributed by atoms with Gasteiger partial charge in [-0.05, 0) is 19.0 Å². The molecule has 0 spiro atoms. The number of hydrogen-bond donors (Lipinski definition) is 1. The van der Waals surface area contributed by atoms with Crippen molar-refractivity contribution in [2.45, 2.75) is 25.4 Å². The highest BCUT2D eigenvalue weighted by atomic mass is 16.2. The third-order valence-electron chi connectivity index (χ3n) is 3.98. The minimum Gasteiger partial charge on any atom is -0.338 e. The predicted octanol–water partition coefficient (Wildman–Crippen LogP) is 1.24. The first-order valence-electron chi connectivity index (χ1n) is 6.93. The van der Waals surface area contributed by atoms with Gasteiger partial charge in [-0.2, -0.15) is 0 Å². The second-order valence-electron chi connectivity index (χ2n) is 5.22. The van der Waals surface area contributed by atoms with E-state index in [4.69, 9.17) is 5.73 Å². The second-order valence-corrected chi connectivity index (χ2v) is 5.22. The molecule has 4 nitrogen and oxygen atoms in total. The van der Waals surface area contributed by atoms with Crippen LogP contribution in [0.15, 0.2) is 30.3 Å². The van der Waals surface area contributed by atoms with Gasteiger partial charge in [0.1, 0.15) is 6.04 Å². The molecule has 2 atom stereocenters. The zero-order chi connectivity index (χ0) is 13.8. The summed E-state index contributed by atoms with van der Waals surface area (Å²) in [5.74, 6) is 0.0396. The first-order valence-corrected chi connectivity index (χ1v) is 6.93. The molecule has 2 rings (SSSR count). The van der Waals surface area contributed by atoms with Crippen LogP contribution in [-0.2, 0) is 4.79 Å². The molecule has 1 amide bonds. The van der Waals surface area contributed by atoms with Crippen LogP contribution in [0.25, 0.3) is 0 Å². The van der Waals surface area contributed by atoms with Crippen molar-refractivity contribution in [3.8, 4) is 0 Å². The van der Waals surface area contributed by atoms with E-state index in [1.807, 2.05) is 35.2 Å². The molecule has 1 aliphatic rings. The Bertz CT molecular complexity index is 421. The Hall–Kier alpha value is -1.39. The van der Waals surface area contributed by atoms with E-state index in [0.717, 1.165) is 31.6 Å². The van der Waals surface area contributed by atoms with Gasteiger partial charge in [0.15, 0.2) is 0 Å². The van der Waals surface area contributed by atoms with Crippen molar-refractivity contribution in [3.63, 3.8) is 0 Å². The van der Waals surface area contributed by atoms with Gasteiger partial charge < -0.3 is 10.6 Å². The van der Waals surface area contributed by atoms with Crippen molar-refractivity contribution >= 4 is 5.91 Å². The average Bonchev–Trinajstić information content (AvgIpc) is 2.47. The Kier molecular flexibility index (Phi) is 4.56. The van der Waals surface area contributed by atoms with Gasteiger partial charge in [-0.1, -0.05) is 37.3 Å². The van der Waals surface area contributed by atoms with Gasteiger partial charge in [-0.15, -0.1) is 0 Å². The molecule has 0 saturated carbocycles. The van der Waals surface area contributed by atoms with Crippen LogP contribution in [0.2, 0.25) is 0 Å². The number of likely N-dealkylation sites (N-methyl/N-ethyl adjacent to an activating group) is 1. The average molecular weight is 261 g/mol. The molecule has 19 heavy (non-hydrogen) atoms. The highest BCUT2D eigenvalue weighted by Gasteiger charge is 2.29. The largest absolute Gasteiger partial charge is 0.338 e. The van der Waals surface area contributed by atoms with E-state index in [0.29, 0.717) is 6.04 Å². The summed E-state index contributed by atoms with van der Waals surface area (Å²) in [4.78, 5) is 16.7. The minimum absolute atomic E-state index is 0.0396. The fourth-order valence-electron chi connectivity index (χ4n) is 2.59. The molecule has 1 heterocycles. The fraction of sp³-hybridized carbons (Fsp3) is 0.533. The predicted molar refractivity (Wildman–Crippen MR) is 76.7 cm³/mol. The minimum atomic E-state index is -0.540. The molecule has 4 heteroatoms. The van der Waals surface area contributed by atoms with Gasteiger partial charge in [-0.3, -0.25) is 9.69 Å². The Morgan fingerprint density at radius 3 is 2.68 bits per heavy atom. The van der Waals surface area contributed by atoms with E-state index in [9.17, 15) is 4.79 Å². The molecule has 1 fully saturated rings. The molecule has 1 unspecified atom stereocenters. The number of carbonyl (C=O) groups excluding carboxylic acids is 1. The number of nitrogens with two attached hydrogens (primary N) is 1. The first kappa shape index (κ1) is 14.0. The molecule has 1 saturated heterocycles. The summed E-state index contributed by atoms with van der Waals surface area (Å²) < 4.78 is 0. The molecule has 1 aliphatic heterocycles. The molecule has 104 valence electrons. The second kappa shape index (κ2) is 6.17. The smallest absolute Gasteiger partial charge is 0.244 e. The third-order valence-corrected chi connectivity index (χ3v) is 3.98. The van der Waals surface area contributed by atoms with Crippen molar-refractivity contribution < 1.29 is 4.79 Å². The topological polar surface area (TPSA) is 49.6 Å². The Morgan fingerprint density at radius 2 is 2.05 bits per heavy atom. The summed E-state index contributed by atoms with van der Waals surface area (Å²) >= 11 is 0. The summed E-state index contributed by atoms with van der Waals surface area (Å²) in [6.07, 6.45) is 1.06. The Morgan fingerprint density at radius 1 is 1.37 bits per heavy atom. The summed E-state index contributed by atoms with van der Waals surface area (Å²) in [6, 6.07) is 9.50. The highest BCUT2D eigenvalue weighted by Crippen LogP contribution is 2.17. The maximum atomic E-state index is 12.4.